The van der Waals surface area contributed by atoms with Crippen LogP contribution in [0.3, 0.4) is 0 Å². The summed E-state index contributed by atoms with van der Waals surface area (Å²) in [6, 6.07) is 0. The maximum absolute atomic E-state index is 12.8. The smallest absolute Gasteiger partial charge is 0.306 e. The summed E-state index contributed by atoms with van der Waals surface area (Å²) >= 11 is 0. The molecule has 0 fully saturated rings. The van der Waals surface area contributed by atoms with Gasteiger partial charge < -0.3 is 14.2 Å². The zero-order valence-corrected chi connectivity index (χ0v) is 45.9. The van der Waals surface area contributed by atoms with Gasteiger partial charge in [0.1, 0.15) is 13.2 Å². The van der Waals surface area contributed by atoms with Gasteiger partial charge in [-0.25, -0.2) is 0 Å². The summed E-state index contributed by atoms with van der Waals surface area (Å²) in [4.78, 5) is 38.1. The number of ether oxygens (including phenoxy) is 3. The predicted octanol–water partition coefficient (Wildman–Crippen LogP) is 19.6. The first-order valence-corrected chi connectivity index (χ1v) is 29.0. The molecule has 0 saturated heterocycles. The summed E-state index contributed by atoms with van der Waals surface area (Å²) in [7, 11) is 0. The van der Waals surface area contributed by atoms with Gasteiger partial charge in [-0.1, -0.05) is 226 Å². The SMILES string of the molecule is CC/C=C\C/C=C\C/C=C\C/C=C\C/C=C\C/C=C\C/C=C\CCCCCCCC(=O)OCC(COC(=O)CCCCCCC/C=C\CCC)OC(=O)CCCCCCC/C=C\C/C=C\CCCCCC. The van der Waals surface area contributed by atoms with E-state index in [9.17, 15) is 14.4 Å². The zero-order chi connectivity index (χ0) is 51.4. The van der Waals surface area contributed by atoms with Crippen molar-refractivity contribution >= 4 is 17.9 Å². The van der Waals surface area contributed by atoms with E-state index in [0.717, 1.165) is 167 Å². The molecule has 0 saturated carbocycles. The van der Waals surface area contributed by atoms with Crippen molar-refractivity contribution in [3.05, 3.63) is 122 Å². The Balaban J connectivity index is 4.35. The first-order chi connectivity index (χ1) is 35.0. The Kier molecular flexibility index (Phi) is 54.9. The number of unbranched alkanes of at least 4 members (excludes halogenated alkanes) is 20. The fourth-order valence-electron chi connectivity index (χ4n) is 7.57. The van der Waals surface area contributed by atoms with Crippen LogP contribution in [-0.2, 0) is 28.6 Å². The third-order valence-corrected chi connectivity index (χ3v) is 11.9. The lowest BCUT2D eigenvalue weighted by Crippen LogP contribution is -2.30. The summed E-state index contributed by atoms with van der Waals surface area (Å²) in [5.41, 5.74) is 0. The van der Waals surface area contributed by atoms with E-state index in [0.29, 0.717) is 19.3 Å². The molecule has 0 aliphatic heterocycles. The van der Waals surface area contributed by atoms with Crippen LogP contribution in [0.4, 0.5) is 0 Å². The van der Waals surface area contributed by atoms with E-state index >= 15 is 0 Å². The molecule has 0 rings (SSSR count). The maximum Gasteiger partial charge on any atom is 0.306 e. The quantitative estimate of drug-likeness (QED) is 0.0261. The highest BCUT2D eigenvalue weighted by Gasteiger charge is 2.19. The van der Waals surface area contributed by atoms with Crippen LogP contribution < -0.4 is 0 Å². The van der Waals surface area contributed by atoms with Crippen LogP contribution in [0.5, 0.6) is 0 Å². The van der Waals surface area contributed by atoms with E-state index in [-0.39, 0.29) is 31.1 Å². The van der Waals surface area contributed by atoms with Gasteiger partial charge in [0, 0.05) is 19.3 Å². The Bertz CT molecular complexity index is 1500. The van der Waals surface area contributed by atoms with Crippen molar-refractivity contribution in [2.75, 3.05) is 13.2 Å². The minimum absolute atomic E-state index is 0.0972. The lowest BCUT2D eigenvalue weighted by molar-refractivity contribution is -0.167. The molecule has 0 aliphatic rings. The number of hydrogen-bond acceptors (Lipinski definition) is 6. The number of esters is 3. The van der Waals surface area contributed by atoms with E-state index in [1.54, 1.807) is 0 Å². The summed E-state index contributed by atoms with van der Waals surface area (Å²) < 4.78 is 16.8. The van der Waals surface area contributed by atoms with Crippen LogP contribution in [0, 0.1) is 0 Å². The maximum atomic E-state index is 12.8. The van der Waals surface area contributed by atoms with E-state index in [1.807, 2.05) is 0 Å². The molecular formula is C65H106O6. The molecule has 0 aromatic carbocycles. The Morgan fingerprint density at radius 3 is 0.930 bits per heavy atom. The largest absolute Gasteiger partial charge is 0.462 e. The van der Waals surface area contributed by atoms with Crippen LogP contribution >= 0.6 is 0 Å². The molecule has 71 heavy (non-hydrogen) atoms. The molecule has 0 aliphatic carbocycles. The average Bonchev–Trinajstić information content (AvgIpc) is 3.37. The molecule has 0 spiro atoms. The van der Waals surface area contributed by atoms with Crippen molar-refractivity contribution < 1.29 is 28.6 Å². The molecule has 0 heterocycles. The summed E-state index contributed by atoms with van der Waals surface area (Å²) in [6.45, 7) is 6.40. The lowest BCUT2D eigenvalue weighted by Gasteiger charge is -2.18. The normalized spacial score (nSPS) is 13.0. The van der Waals surface area contributed by atoms with Gasteiger partial charge in [-0.2, -0.15) is 0 Å². The second-order valence-electron chi connectivity index (χ2n) is 18.8. The monoisotopic (exact) mass is 983 g/mol. The lowest BCUT2D eigenvalue weighted by atomic mass is 10.1. The summed E-state index contributed by atoms with van der Waals surface area (Å²) in [6.07, 6.45) is 80.5. The minimum atomic E-state index is -0.800. The number of carbonyl (C=O) groups excluding carboxylic acids is 3. The van der Waals surface area contributed by atoms with E-state index in [4.69, 9.17) is 14.2 Å². The van der Waals surface area contributed by atoms with Gasteiger partial charge in [-0.05, 0) is 128 Å². The van der Waals surface area contributed by atoms with Gasteiger partial charge in [0.15, 0.2) is 6.10 Å². The Hall–Kier alpha value is -4.19. The topological polar surface area (TPSA) is 78.9 Å². The van der Waals surface area contributed by atoms with Crippen molar-refractivity contribution in [2.45, 2.75) is 258 Å². The summed E-state index contributed by atoms with van der Waals surface area (Å²) in [5.74, 6) is -0.944. The van der Waals surface area contributed by atoms with Crippen molar-refractivity contribution in [3.63, 3.8) is 0 Å². The van der Waals surface area contributed by atoms with Gasteiger partial charge >= 0.3 is 17.9 Å². The van der Waals surface area contributed by atoms with Gasteiger partial charge in [-0.15, -0.1) is 0 Å². The zero-order valence-electron chi connectivity index (χ0n) is 45.9. The third kappa shape index (κ3) is 56.6. The summed E-state index contributed by atoms with van der Waals surface area (Å²) in [5, 5.41) is 0. The Labute approximate surface area is 437 Å². The van der Waals surface area contributed by atoms with E-state index in [1.165, 1.54) is 44.9 Å². The van der Waals surface area contributed by atoms with Gasteiger partial charge in [0.05, 0.1) is 0 Å². The minimum Gasteiger partial charge on any atom is -0.462 e. The molecular weight excluding hydrogens is 877 g/mol. The van der Waals surface area contributed by atoms with Crippen LogP contribution in [0.2, 0.25) is 0 Å². The Morgan fingerprint density at radius 2 is 0.577 bits per heavy atom. The molecule has 1 atom stereocenters. The molecule has 0 N–H and O–H groups in total. The van der Waals surface area contributed by atoms with Gasteiger partial charge in [-0.3, -0.25) is 14.4 Å². The standard InChI is InChI=1S/C65H106O6/c1-4-7-10-13-16-19-22-24-26-28-29-30-31-32-33-34-35-36-37-38-40-41-43-46-49-52-55-58-64(67)70-61-62(60-69-63(66)57-54-51-48-45-21-18-15-12-9-6-3)71-65(68)59-56-53-50-47-44-42-39-27-25-23-20-17-14-11-8-5-2/h7,10,12,15-16,19-20,23-24,26-27,29-30,32-33,35-36,38-40,62H,4-6,8-9,11,13-14,17-18,21-22,25,28,31,34,37,41-61H2,1-3H3/b10-7-,15-12-,19-16-,23-20-,26-24-,30-29-,33-32-,36-35-,39-27-,40-38-. The molecule has 0 aromatic rings. The number of hydrogen-bond donors (Lipinski definition) is 0. The molecule has 0 aromatic heterocycles. The van der Waals surface area contributed by atoms with Gasteiger partial charge in [0.25, 0.3) is 0 Å². The molecule has 402 valence electrons. The van der Waals surface area contributed by atoms with Crippen LogP contribution in [-0.4, -0.2) is 37.2 Å². The van der Waals surface area contributed by atoms with Crippen molar-refractivity contribution in [2.24, 2.45) is 0 Å². The molecule has 6 nitrogen and oxygen atoms in total. The number of allylic oxidation sites excluding steroid dienone is 20. The second kappa shape index (κ2) is 58.4. The fraction of sp³-hybridized carbons (Fsp3) is 0.646. The highest BCUT2D eigenvalue weighted by molar-refractivity contribution is 5.71. The number of rotatable bonds is 51. The fourth-order valence-corrected chi connectivity index (χ4v) is 7.57. The second-order valence-corrected chi connectivity index (χ2v) is 18.8. The average molecular weight is 984 g/mol. The Morgan fingerprint density at radius 1 is 0.296 bits per heavy atom. The highest BCUT2D eigenvalue weighted by Crippen LogP contribution is 2.13. The third-order valence-electron chi connectivity index (χ3n) is 11.9. The van der Waals surface area contributed by atoms with Gasteiger partial charge in [0.2, 0.25) is 0 Å². The predicted molar refractivity (Wildman–Crippen MR) is 306 cm³/mol. The molecule has 0 amide bonds. The first-order valence-electron chi connectivity index (χ1n) is 29.0. The van der Waals surface area contributed by atoms with Crippen molar-refractivity contribution in [3.8, 4) is 0 Å². The van der Waals surface area contributed by atoms with Crippen molar-refractivity contribution in [1.82, 2.24) is 0 Å². The molecule has 0 radical (unpaired) electrons. The van der Waals surface area contributed by atoms with E-state index < -0.39 is 6.10 Å². The van der Waals surface area contributed by atoms with Crippen LogP contribution in [0.25, 0.3) is 0 Å². The molecule has 6 heteroatoms. The molecule has 0 bridgehead atoms. The van der Waals surface area contributed by atoms with E-state index in [2.05, 4.69) is 142 Å². The molecule has 1 unspecified atom stereocenters. The first kappa shape index (κ1) is 66.8. The number of carbonyl (C=O) groups is 3. The highest BCUT2D eigenvalue weighted by atomic mass is 16.6. The van der Waals surface area contributed by atoms with Crippen molar-refractivity contribution in [1.29, 1.82) is 0 Å². The van der Waals surface area contributed by atoms with Crippen LogP contribution in [0.1, 0.15) is 252 Å². The van der Waals surface area contributed by atoms with Crippen LogP contribution in [0.15, 0.2) is 122 Å².